The number of aryl methyl sites for hydroxylation is 1. The summed E-state index contributed by atoms with van der Waals surface area (Å²) in [5, 5.41) is 2.75. The minimum absolute atomic E-state index is 0.0252. The van der Waals surface area contributed by atoms with E-state index in [1.54, 1.807) is 37.4 Å². The summed E-state index contributed by atoms with van der Waals surface area (Å²) >= 11 is 0. The van der Waals surface area contributed by atoms with Crippen LogP contribution < -0.4 is 5.32 Å². The predicted molar refractivity (Wildman–Crippen MR) is 127 cm³/mol. The van der Waals surface area contributed by atoms with Gasteiger partial charge < -0.3 is 5.32 Å². The molecular weight excluding hydrogens is 438 g/mol. The van der Waals surface area contributed by atoms with Gasteiger partial charge in [0.25, 0.3) is 0 Å². The molecule has 0 fully saturated rings. The van der Waals surface area contributed by atoms with Crippen LogP contribution in [0.3, 0.4) is 0 Å². The van der Waals surface area contributed by atoms with Crippen molar-refractivity contribution >= 4 is 27.2 Å². The number of rotatable bonds is 8. The lowest BCUT2D eigenvalue weighted by Gasteiger charge is -2.23. The summed E-state index contributed by atoms with van der Waals surface area (Å²) in [5.41, 5.74) is 2.34. The average molecular weight is 466 g/mol. The molecule has 2 heterocycles. The summed E-state index contributed by atoms with van der Waals surface area (Å²) in [6.07, 6.45) is 3.23. The Balaban J connectivity index is 1.65. The van der Waals surface area contributed by atoms with E-state index in [1.165, 1.54) is 18.3 Å². The number of nitrogens with zero attached hydrogens (tertiary/aromatic N) is 2. The van der Waals surface area contributed by atoms with Crippen LogP contribution >= 0.6 is 0 Å². The Morgan fingerprint density at radius 1 is 0.939 bits per heavy atom. The lowest BCUT2D eigenvalue weighted by molar-refractivity contribution is -0.115. The molecule has 0 saturated carbocycles. The fraction of sp³-hybridized carbons (Fsp3) is 0.280. The van der Waals surface area contributed by atoms with Crippen LogP contribution in [0.15, 0.2) is 65.8 Å². The number of nitrogens with one attached hydrogen (secondary N) is 1. The molecule has 172 valence electrons. The van der Waals surface area contributed by atoms with Gasteiger partial charge in [-0.15, -0.1) is 0 Å². The van der Waals surface area contributed by atoms with Crippen molar-refractivity contribution in [3.05, 3.63) is 83.4 Å². The molecule has 3 aromatic rings. The smallest absolute Gasteiger partial charge is 0.228 e. The highest BCUT2D eigenvalue weighted by molar-refractivity contribution is 7.91. The topological polar surface area (TPSA) is 106 Å². The van der Waals surface area contributed by atoms with Crippen molar-refractivity contribution in [3.63, 3.8) is 0 Å². The summed E-state index contributed by atoms with van der Waals surface area (Å²) in [4.78, 5) is 34.2. The van der Waals surface area contributed by atoms with Gasteiger partial charge in [0.1, 0.15) is 5.69 Å². The fourth-order valence-electron chi connectivity index (χ4n) is 3.26. The number of hydrogen-bond donors (Lipinski definition) is 1. The molecule has 0 unspecified atom stereocenters. The highest BCUT2D eigenvalue weighted by Gasteiger charge is 2.31. The van der Waals surface area contributed by atoms with Gasteiger partial charge in [0.2, 0.25) is 5.91 Å². The summed E-state index contributed by atoms with van der Waals surface area (Å²) in [6, 6.07) is 13.3. The maximum Gasteiger partial charge on any atom is 0.228 e. The van der Waals surface area contributed by atoms with Gasteiger partial charge in [-0.2, -0.15) is 0 Å². The van der Waals surface area contributed by atoms with Gasteiger partial charge in [-0.1, -0.05) is 25.1 Å². The number of aromatic nitrogens is 2. The van der Waals surface area contributed by atoms with E-state index in [4.69, 9.17) is 0 Å². The molecule has 0 spiro atoms. The van der Waals surface area contributed by atoms with Gasteiger partial charge in [-0.3, -0.25) is 19.6 Å². The van der Waals surface area contributed by atoms with E-state index in [2.05, 4.69) is 15.3 Å². The number of Topliss-reactive ketones (excluding diaryl/α,β-unsaturated/α-hetero) is 1. The van der Waals surface area contributed by atoms with Crippen LogP contribution in [0, 0.1) is 6.92 Å². The zero-order chi connectivity index (χ0) is 24.2. The first-order chi connectivity index (χ1) is 15.5. The van der Waals surface area contributed by atoms with Gasteiger partial charge in [0, 0.05) is 11.9 Å². The van der Waals surface area contributed by atoms with E-state index in [9.17, 15) is 18.0 Å². The third kappa shape index (κ3) is 5.70. The van der Waals surface area contributed by atoms with E-state index in [1.807, 2.05) is 32.9 Å². The summed E-state index contributed by atoms with van der Waals surface area (Å²) < 4.78 is 23.8. The van der Waals surface area contributed by atoms with Crippen LogP contribution in [-0.4, -0.2) is 35.8 Å². The number of benzene rings is 1. The molecular formula is C25H27N3O4S. The van der Waals surface area contributed by atoms with Crippen molar-refractivity contribution < 1.29 is 18.0 Å². The normalized spacial score (nSPS) is 11.8. The van der Waals surface area contributed by atoms with Crippen LogP contribution in [0.25, 0.3) is 0 Å². The van der Waals surface area contributed by atoms with Gasteiger partial charge in [0.15, 0.2) is 15.6 Å². The second kappa shape index (κ2) is 9.62. The third-order valence-electron chi connectivity index (χ3n) is 5.51. The molecule has 1 N–H and O–H groups in total. The number of ketones is 1. The number of carbonyl (C=O) groups excluding carboxylic acids is 2. The van der Waals surface area contributed by atoms with Crippen LogP contribution in [0.1, 0.15) is 48.1 Å². The number of anilines is 1. The van der Waals surface area contributed by atoms with Crippen molar-refractivity contribution in [2.75, 3.05) is 11.1 Å². The highest BCUT2D eigenvalue weighted by atomic mass is 32.2. The lowest BCUT2D eigenvalue weighted by Crippen LogP contribution is -2.30. The Hall–Kier alpha value is -3.39. The zero-order valence-electron chi connectivity index (χ0n) is 19.1. The first kappa shape index (κ1) is 24.3. The molecule has 1 amide bonds. The number of pyridine rings is 2. The monoisotopic (exact) mass is 465 g/mol. The number of hydrogen-bond acceptors (Lipinski definition) is 6. The van der Waals surface area contributed by atoms with E-state index in [-0.39, 0.29) is 28.8 Å². The number of carbonyl (C=O) groups is 2. The summed E-state index contributed by atoms with van der Waals surface area (Å²) in [6.45, 7) is 7.13. The Morgan fingerprint density at radius 3 is 2.18 bits per heavy atom. The van der Waals surface area contributed by atoms with Gasteiger partial charge in [0.05, 0.1) is 34.4 Å². The SMILES string of the molecule is CCS(=O)(=O)c1ccc(CC(=O)Nc2ccc(C(=O)C(C)(C)c3ccc(C)nc3)nc2)cc1. The minimum atomic E-state index is -3.27. The van der Waals surface area contributed by atoms with E-state index >= 15 is 0 Å². The van der Waals surface area contributed by atoms with E-state index in [0.717, 1.165) is 11.3 Å². The average Bonchev–Trinajstić information content (AvgIpc) is 2.79. The molecule has 0 aliphatic carbocycles. The molecule has 0 atom stereocenters. The number of amides is 1. The Kier molecular flexibility index (Phi) is 7.07. The molecule has 0 saturated heterocycles. The first-order valence-corrected chi connectivity index (χ1v) is 12.2. The first-order valence-electron chi connectivity index (χ1n) is 10.6. The van der Waals surface area contributed by atoms with Gasteiger partial charge in [-0.25, -0.2) is 8.42 Å². The third-order valence-corrected chi connectivity index (χ3v) is 7.26. The van der Waals surface area contributed by atoms with Crippen molar-refractivity contribution in [1.29, 1.82) is 0 Å². The molecule has 1 aromatic carbocycles. The van der Waals surface area contributed by atoms with Crippen molar-refractivity contribution in [2.24, 2.45) is 0 Å². The maximum absolute atomic E-state index is 13.0. The zero-order valence-corrected chi connectivity index (χ0v) is 19.9. The molecule has 0 aliphatic rings. The molecule has 8 heteroatoms. The van der Waals surface area contributed by atoms with Crippen LogP contribution in [0.4, 0.5) is 5.69 Å². The number of sulfone groups is 1. The molecule has 2 aromatic heterocycles. The van der Waals surface area contributed by atoms with Crippen molar-refractivity contribution in [3.8, 4) is 0 Å². The maximum atomic E-state index is 13.0. The predicted octanol–water partition coefficient (Wildman–Crippen LogP) is 3.92. The van der Waals surface area contributed by atoms with Crippen molar-refractivity contribution in [1.82, 2.24) is 9.97 Å². The molecule has 33 heavy (non-hydrogen) atoms. The largest absolute Gasteiger partial charge is 0.324 e. The van der Waals surface area contributed by atoms with Crippen LogP contribution in [0.2, 0.25) is 0 Å². The summed E-state index contributed by atoms with van der Waals surface area (Å²) in [7, 11) is -3.27. The minimum Gasteiger partial charge on any atom is -0.324 e. The highest BCUT2D eigenvalue weighted by Crippen LogP contribution is 2.27. The molecule has 0 radical (unpaired) electrons. The second-order valence-electron chi connectivity index (χ2n) is 8.35. The quantitative estimate of drug-likeness (QED) is 0.506. The Morgan fingerprint density at radius 2 is 1.64 bits per heavy atom. The van der Waals surface area contributed by atoms with Crippen LogP contribution in [0.5, 0.6) is 0 Å². The molecule has 3 rings (SSSR count). The van der Waals surface area contributed by atoms with E-state index < -0.39 is 15.3 Å². The molecule has 7 nitrogen and oxygen atoms in total. The Labute approximate surface area is 194 Å². The van der Waals surface area contributed by atoms with Crippen molar-refractivity contribution in [2.45, 2.75) is 44.4 Å². The molecule has 0 bridgehead atoms. The fourth-order valence-corrected chi connectivity index (χ4v) is 4.15. The summed E-state index contributed by atoms with van der Waals surface area (Å²) in [5.74, 6) is -0.390. The van der Waals surface area contributed by atoms with Crippen LogP contribution in [-0.2, 0) is 26.5 Å². The second-order valence-corrected chi connectivity index (χ2v) is 10.6. The van der Waals surface area contributed by atoms with E-state index in [0.29, 0.717) is 16.9 Å². The van der Waals surface area contributed by atoms with Gasteiger partial charge >= 0.3 is 0 Å². The lowest BCUT2D eigenvalue weighted by atomic mass is 9.80. The van der Waals surface area contributed by atoms with Gasteiger partial charge in [-0.05, 0) is 62.2 Å². The standard InChI is InChI=1S/C25H27N3O4S/c1-5-33(31,32)21-11-7-18(8-12-21)14-23(29)28-20-10-13-22(27-16-20)24(30)25(3,4)19-9-6-17(2)26-15-19/h6-13,15-16H,5,14H2,1-4H3,(H,28,29). The molecule has 0 aliphatic heterocycles. The Bertz CT molecular complexity index is 1250.